The lowest BCUT2D eigenvalue weighted by Crippen LogP contribution is -2.33. The van der Waals surface area contributed by atoms with Crippen molar-refractivity contribution in [1.82, 2.24) is 15.5 Å². The summed E-state index contributed by atoms with van der Waals surface area (Å²) in [6.45, 7) is 5.13. The number of hydrogen-bond donors (Lipinski definition) is 2. The van der Waals surface area contributed by atoms with E-state index in [1.54, 1.807) is 6.07 Å². The summed E-state index contributed by atoms with van der Waals surface area (Å²) in [6, 6.07) is 3.82. The van der Waals surface area contributed by atoms with Gasteiger partial charge in [-0.2, -0.15) is 11.8 Å². The van der Waals surface area contributed by atoms with Crippen LogP contribution in [0.15, 0.2) is 12.1 Å². The maximum Gasteiger partial charge on any atom is 0.272 e. The number of nitrogens with one attached hydrogen (secondary N) is 2. The van der Waals surface area contributed by atoms with Gasteiger partial charge in [-0.1, -0.05) is 13.8 Å². The summed E-state index contributed by atoms with van der Waals surface area (Å²) in [7, 11) is 0. The second-order valence-electron chi connectivity index (χ2n) is 5.29. The highest BCUT2D eigenvalue weighted by Crippen LogP contribution is 2.29. The molecule has 1 heterocycles. The number of carbonyl (C=O) groups is 1. The molecule has 1 aliphatic rings. The molecule has 1 aromatic heterocycles. The molecule has 6 heteroatoms. The van der Waals surface area contributed by atoms with Crippen LogP contribution < -0.4 is 10.6 Å². The van der Waals surface area contributed by atoms with Crippen molar-refractivity contribution in [2.24, 2.45) is 0 Å². The molecule has 0 aliphatic heterocycles. The Morgan fingerprint density at radius 3 is 2.86 bits per heavy atom. The van der Waals surface area contributed by atoms with Crippen LogP contribution in [0.4, 0.5) is 5.82 Å². The van der Waals surface area contributed by atoms with Gasteiger partial charge in [-0.05, 0) is 43.6 Å². The van der Waals surface area contributed by atoms with E-state index in [9.17, 15) is 4.79 Å². The smallest absolute Gasteiger partial charge is 0.272 e. The van der Waals surface area contributed by atoms with Gasteiger partial charge in [-0.3, -0.25) is 4.79 Å². The van der Waals surface area contributed by atoms with E-state index < -0.39 is 0 Å². The molecule has 0 spiro atoms. The Morgan fingerprint density at radius 2 is 2.19 bits per heavy atom. The Morgan fingerprint density at radius 1 is 1.33 bits per heavy atom. The van der Waals surface area contributed by atoms with E-state index in [2.05, 4.69) is 34.7 Å². The standard InChI is InChI=1S/C15H24N4OS/c1-3-9-16-14-8-7-13(18-19-14)15(20)17-11-5-6-12(10-11)21-4-2/h7-8,11-12H,3-6,9-10H2,1-2H3,(H,16,19)(H,17,20). The quantitative estimate of drug-likeness (QED) is 0.810. The van der Waals surface area contributed by atoms with E-state index in [-0.39, 0.29) is 11.9 Å². The fourth-order valence-electron chi connectivity index (χ4n) is 2.52. The normalized spacial score (nSPS) is 21.2. The summed E-state index contributed by atoms with van der Waals surface area (Å²) in [5.41, 5.74) is 0.392. The molecule has 2 rings (SSSR count). The second kappa shape index (κ2) is 8.22. The number of carbonyl (C=O) groups excluding carboxylic acids is 1. The molecule has 116 valence electrons. The summed E-state index contributed by atoms with van der Waals surface area (Å²) >= 11 is 1.99. The van der Waals surface area contributed by atoms with Gasteiger partial charge in [0, 0.05) is 17.8 Å². The molecule has 1 amide bonds. The monoisotopic (exact) mass is 308 g/mol. The first-order valence-electron chi connectivity index (χ1n) is 7.73. The highest BCUT2D eigenvalue weighted by atomic mass is 32.2. The average molecular weight is 308 g/mol. The number of hydrogen-bond acceptors (Lipinski definition) is 5. The van der Waals surface area contributed by atoms with Crippen LogP contribution >= 0.6 is 11.8 Å². The highest BCUT2D eigenvalue weighted by molar-refractivity contribution is 7.99. The Balaban J connectivity index is 1.83. The molecule has 0 radical (unpaired) electrons. The second-order valence-corrected chi connectivity index (χ2v) is 6.87. The van der Waals surface area contributed by atoms with Gasteiger partial charge in [0.25, 0.3) is 5.91 Å². The number of anilines is 1. The van der Waals surface area contributed by atoms with Gasteiger partial charge in [0.1, 0.15) is 5.82 Å². The zero-order valence-electron chi connectivity index (χ0n) is 12.8. The van der Waals surface area contributed by atoms with Gasteiger partial charge in [0.2, 0.25) is 0 Å². The molecule has 1 fully saturated rings. The number of thioether (sulfide) groups is 1. The SMILES string of the molecule is CCCNc1ccc(C(=O)NC2CCC(SCC)C2)nn1. The first-order chi connectivity index (χ1) is 10.2. The molecule has 21 heavy (non-hydrogen) atoms. The summed E-state index contributed by atoms with van der Waals surface area (Å²) in [5, 5.41) is 14.9. The predicted molar refractivity (Wildman–Crippen MR) is 87.8 cm³/mol. The van der Waals surface area contributed by atoms with Crippen LogP contribution in [0, 0.1) is 0 Å². The Labute approximate surface area is 130 Å². The molecule has 0 bridgehead atoms. The van der Waals surface area contributed by atoms with E-state index in [0.29, 0.717) is 16.8 Å². The van der Waals surface area contributed by atoms with E-state index in [1.807, 2.05) is 17.8 Å². The topological polar surface area (TPSA) is 66.9 Å². The first kappa shape index (κ1) is 16.1. The fraction of sp³-hybridized carbons (Fsp3) is 0.667. The minimum atomic E-state index is -0.114. The zero-order chi connectivity index (χ0) is 15.1. The van der Waals surface area contributed by atoms with Gasteiger partial charge in [-0.15, -0.1) is 10.2 Å². The summed E-state index contributed by atoms with van der Waals surface area (Å²) in [6.07, 6.45) is 4.35. The van der Waals surface area contributed by atoms with E-state index in [1.165, 1.54) is 6.42 Å². The number of rotatable bonds is 7. The molecular weight excluding hydrogens is 284 g/mol. The molecule has 0 saturated heterocycles. The van der Waals surface area contributed by atoms with Gasteiger partial charge in [-0.25, -0.2) is 0 Å². The van der Waals surface area contributed by atoms with Crippen LogP contribution in [0.5, 0.6) is 0 Å². The van der Waals surface area contributed by atoms with Crippen molar-refractivity contribution in [1.29, 1.82) is 0 Å². The molecule has 2 atom stereocenters. The van der Waals surface area contributed by atoms with Crippen LogP contribution in [0.2, 0.25) is 0 Å². The third-order valence-electron chi connectivity index (χ3n) is 3.58. The highest BCUT2D eigenvalue weighted by Gasteiger charge is 2.26. The van der Waals surface area contributed by atoms with Crippen molar-refractivity contribution < 1.29 is 4.79 Å². The third-order valence-corrected chi connectivity index (χ3v) is 4.81. The maximum atomic E-state index is 12.1. The van der Waals surface area contributed by atoms with Crippen molar-refractivity contribution in [3.05, 3.63) is 17.8 Å². The zero-order valence-corrected chi connectivity index (χ0v) is 13.6. The van der Waals surface area contributed by atoms with Crippen molar-refractivity contribution in [2.45, 2.75) is 50.8 Å². The van der Waals surface area contributed by atoms with Crippen LogP contribution in [0.1, 0.15) is 50.0 Å². The van der Waals surface area contributed by atoms with Crippen LogP contribution in [-0.2, 0) is 0 Å². The third kappa shape index (κ3) is 4.88. The van der Waals surface area contributed by atoms with Crippen LogP contribution in [-0.4, -0.2) is 39.7 Å². The number of aromatic nitrogens is 2. The summed E-state index contributed by atoms with van der Waals surface area (Å²) < 4.78 is 0. The van der Waals surface area contributed by atoms with E-state index in [0.717, 1.165) is 31.6 Å². The maximum absolute atomic E-state index is 12.1. The number of nitrogens with zero attached hydrogens (tertiary/aromatic N) is 2. The van der Waals surface area contributed by atoms with Gasteiger partial charge in [0.05, 0.1) is 0 Å². The van der Waals surface area contributed by atoms with Crippen molar-refractivity contribution in [3.63, 3.8) is 0 Å². The molecule has 2 N–H and O–H groups in total. The molecule has 5 nitrogen and oxygen atoms in total. The van der Waals surface area contributed by atoms with Crippen LogP contribution in [0.25, 0.3) is 0 Å². The molecule has 1 aliphatic carbocycles. The van der Waals surface area contributed by atoms with Crippen molar-refractivity contribution in [2.75, 3.05) is 17.6 Å². The lowest BCUT2D eigenvalue weighted by Gasteiger charge is -2.12. The average Bonchev–Trinajstić information content (AvgIpc) is 2.93. The van der Waals surface area contributed by atoms with E-state index >= 15 is 0 Å². The minimum Gasteiger partial charge on any atom is -0.369 e. The first-order valence-corrected chi connectivity index (χ1v) is 8.77. The largest absolute Gasteiger partial charge is 0.369 e. The van der Waals surface area contributed by atoms with Gasteiger partial charge in [0.15, 0.2) is 5.69 Å². The molecule has 2 unspecified atom stereocenters. The lowest BCUT2D eigenvalue weighted by atomic mass is 10.2. The Hall–Kier alpha value is -1.30. The lowest BCUT2D eigenvalue weighted by molar-refractivity contribution is 0.0932. The van der Waals surface area contributed by atoms with Crippen LogP contribution in [0.3, 0.4) is 0 Å². The van der Waals surface area contributed by atoms with Gasteiger partial charge >= 0.3 is 0 Å². The summed E-state index contributed by atoms with van der Waals surface area (Å²) in [5.74, 6) is 1.74. The number of amides is 1. The molecule has 1 aromatic rings. The molecule has 0 aromatic carbocycles. The Kier molecular flexibility index (Phi) is 6.29. The van der Waals surface area contributed by atoms with Crippen molar-refractivity contribution >= 4 is 23.5 Å². The van der Waals surface area contributed by atoms with E-state index in [4.69, 9.17) is 0 Å². The summed E-state index contributed by atoms with van der Waals surface area (Å²) in [4.78, 5) is 12.1. The molecule has 1 saturated carbocycles. The predicted octanol–water partition coefficient (Wildman–Crippen LogP) is 2.70. The molecular formula is C15H24N4OS. The Bertz CT molecular complexity index is 451. The fourth-order valence-corrected chi connectivity index (χ4v) is 3.66. The van der Waals surface area contributed by atoms with Gasteiger partial charge < -0.3 is 10.6 Å². The minimum absolute atomic E-state index is 0.114. The van der Waals surface area contributed by atoms with Crippen molar-refractivity contribution in [3.8, 4) is 0 Å².